The summed E-state index contributed by atoms with van der Waals surface area (Å²) in [6, 6.07) is 5.17. The molecule has 0 aliphatic rings. The van der Waals surface area contributed by atoms with E-state index < -0.39 is 11.9 Å². The van der Waals surface area contributed by atoms with Gasteiger partial charge >= 0.3 is 5.97 Å². The van der Waals surface area contributed by atoms with E-state index in [-0.39, 0.29) is 0 Å². The number of carboxylic acids is 1. The zero-order valence-corrected chi connectivity index (χ0v) is 8.71. The van der Waals surface area contributed by atoms with Crippen LogP contribution >= 0.6 is 15.9 Å². The van der Waals surface area contributed by atoms with E-state index in [4.69, 9.17) is 10.8 Å². The summed E-state index contributed by atoms with van der Waals surface area (Å²) in [7, 11) is 0. The number of benzene rings is 1. The fourth-order valence-corrected chi connectivity index (χ4v) is 1.22. The molecular formula is C9H10BrNO2. The van der Waals surface area contributed by atoms with Crippen LogP contribution in [-0.2, 0) is 4.79 Å². The van der Waals surface area contributed by atoms with Crippen LogP contribution in [0.2, 0.25) is 0 Å². The highest BCUT2D eigenvalue weighted by Crippen LogP contribution is 2.24. The van der Waals surface area contributed by atoms with Gasteiger partial charge in [0.1, 0.15) is 0 Å². The summed E-state index contributed by atoms with van der Waals surface area (Å²) in [6.45, 7) is 1.63. The van der Waals surface area contributed by atoms with Crippen LogP contribution in [0.5, 0.6) is 0 Å². The number of rotatable bonds is 2. The van der Waals surface area contributed by atoms with Crippen molar-refractivity contribution in [2.75, 3.05) is 5.73 Å². The van der Waals surface area contributed by atoms with E-state index in [0.717, 1.165) is 4.47 Å². The normalized spacial score (nSPS) is 12.5. The monoisotopic (exact) mass is 243 g/mol. The minimum atomic E-state index is -0.846. The third kappa shape index (κ3) is 2.21. The Morgan fingerprint density at radius 2 is 2.23 bits per heavy atom. The van der Waals surface area contributed by atoms with Gasteiger partial charge in [-0.1, -0.05) is 6.07 Å². The maximum atomic E-state index is 10.6. The Labute approximate surface area is 84.7 Å². The smallest absolute Gasteiger partial charge is 0.310 e. The first-order chi connectivity index (χ1) is 6.02. The minimum absolute atomic E-state index is 0.518. The molecule has 0 saturated carbocycles. The van der Waals surface area contributed by atoms with Gasteiger partial charge in [0.25, 0.3) is 0 Å². The second-order valence-corrected chi connectivity index (χ2v) is 3.70. The molecule has 3 N–H and O–H groups in total. The summed E-state index contributed by atoms with van der Waals surface area (Å²) >= 11 is 3.24. The molecule has 0 radical (unpaired) electrons. The molecule has 13 heavy (non-hydrogen) atoms. The van der Waals surface area contributed by atoms with E-state index in [1.807, 2.05) is 0 Å². The highest BCUT2D eigenvalue weighted by Gasteiger charge is 2.13. The van der Waals surface area contributed by atoms with Crippen LogP contribution in [0.4, 0.5) is 5.69 Å². The molecule has 4 heteroatoms. The molecule has 0 aliphatic heterocycles. The molecule has 0 fully saturated rings. The van der Waals surface area contributed by atoms with Crippen molar-refractivity contribution >= 4 is 27.6 Å². The van der Waals surface area contributed by atoms with Crippen LogP contribution in [0.15, 0.2) is 22.7 Å². The van der Waals surface area contributed by atoms with Crippen molar-refractivity contribution in [1.82, 2.24) is 0 Å². The second kappa shape index (κ2) is 3.79. The number of hydrogen-bond donors (Lipinski definition) is 2. The summed E-state index contributed by atoms with van der Waals surface area (Å²) in [4.78, 5) is 10.6. The number of carbonyl (C=O) groups is 1. The molecule has 0 aliphatic carbocycles. The fourth-order valence-electron chi connectivity index (χ4n) is 0.974. The van der Waals surface area contributed by atoms with Gasteiger partial charge in [0.05, 0.1) is 5.92 Å². The Morgan fingerprint density at radius 3 is 2.69 bits per heavy atom. The molecule has 70 valence electrons. The Kier molecular flexibility index (Phi) is 2.93. The van der Waals surface area contributed by atoms with Crippen LogP contribution in [0.3, 0.4) is 0 Å². The Bertz CT molecular complexity index is 338. The zero-order valence-electron chi connectivity index (χ0n) is 7.12. The van der Waals surface area contributed by atoms with E-state index in [0.29, 0.717) is 11.3 Å². The van der Waals surface area contributed by atoms with Crippen molar-refractivity contribution in [3.05, 3.63) is 28.2 Å². The van der Waals surface area contributed by atoms with Crippen molar-refractivity contribution in [3.8, 4) is 0 Å². The molecule has 1 atom stereocenters. The molecule has 1 rings (SSSR count). The van der Waals surface area contributed by atoms with E-state index in [1.165, 1.54) is 0 Å². The number of anilines is 1. The molecule has 1 aromatic carbocycles. The van der Waals surface area contributed by atoms with Crippen molar-refractivity contribution in [2.24, 2.45) is 0 Å². The van der Waals surface area contributed by atoms with E-state index in [1.54, 1.807) is 25.1 Å². The van der Waals surface area contributed by atoms with Gasteiger partial charge in [0.2, 0.25) is 0 Å². The third-order valence-electron chi connectivity index (χ3n) is 1.89. The zero-order chi connectivity index (χ0) is 10.0. The van der Waals surface area contributed by atoms with Crippen LogP contribution in [0.25, 0.3) is 0 Å². The van der Waals surface area contributed by atoms with Gasteiger partial charge in [-0.3, -0.25) is 4.79 Å². The Balaban J connectivity index is 3.03. The lowest BCUT2D eigenvalue weighted by molar-refractivity contribution is -0.138. The number of aliphatic carboxylic acids is 1. The average molecular weight is 244 g/mol. The van der Waals surface area contributed by atoms with Crippen molar-refractivity contribution in [3.63, 3.8) is 0 Å². The number of nitrogen functional groups attached to an aromatic ring is 1. The van der Waals surface area contributed by atoms with Gasteiger partial charge in [-0.25, -0.2) is 0 Å². The first kappa shape index (κ1) is 10.1. The van der Waals surface area contributed by atoms with Crippen LogP contribution in [0.1, 0.15) is 18.4 Å². The SMILES string of the molecule is CC(C(=O)O)c1ccc(Br)c(N)c1. The molecule has 0 heterocycles. The maximum absolute atomic E-state index is 10.6. The van der Waals surface area contributed by atoms with Gasteiger partial charge < -0.3 is 10.8 Å². The average Bonchev–Trinajstić information content (AvgIpc) is 2.08. The highest BCUT2D eigenvalue weighted by molar-refractivity contribution is 9.10. The molecule has 0 bridgehead atoms. The molecule has 1 unspecified atom stereocenters. The predicted molar refractivity (Wildman–Crippen MR) is 54.6 cm³/mol. The molecule has 0 amide bonds. The van der Waals surface area contributed by atoms with Crippen molar-refractivity contribution in [1.29, 1.82) is 0 Å². The number of halogens is 1. The largest absolute Gasteiger partial charge is 0.481 e. The highest BCUT2D eigenvalue weighted by atomic mass is 79.9. The molecule has 0 aromatic heterocycles. The standard InChI is InChI=1S/C9H10BrNO2/c1-5(9(12)13)6-2-3-7(10)8(11)4-6/h2-5H,11H2,1H3,(H,12,13). The number of carboxylic acid groups (broad SMARTS) is 1. The van der Waals surface area contributed by atoms with Crippen molar-refractivity contribution in [2.45, 2.75) is 12.8 Å². The van der Waals surface area contributed by atoms with E-state index >= 15 is 0 Å². The van der Waals surface area contributed by atoms with Gasteiger partial charge in [-0.05, 0) is 40.5 Å². The lowest BCUT2D eigenvalue weighted by Crippen LogP contribution is -2.07. The summed E-state index contributed by atoms with van der Waals surface area (Å²) in [5, 5.41) is 8.74. The van der Waals surface area contributed by atoms with Gasteiger partial charge in [-0.2, -0.15) is 0 Å². The maximum Gasteiger partial charge on any atom is 0.310 e. The second-order valence-electron chi connectivity index (χ2n) is 2.84. The molecule has 0 spiro atoms. The Morgan fingerprint density at radius 1 is 1.62 bits per heavy atom. The van der Waals surface area contributed by atoms with E-state index in [9.17, 15) is 4.79 Å². The van der Waals surface area contributed by atoms with Crippen LogP contribution in [0, 0.1) is 0 Å². The van der Waals surface area contributed by atoms with Crippen molar-refractivity contribution < 1.29 is 9.90 Å². The topological polar surface area (TPSA) is 63.3 Å². The van der Waals surface area contributed by atoms with Crippen LogP contribution < -0.4 is 5.73 Å². The lowest BCUT2D eigenvalue weighted by atomic mass is 10.0. The minimum Gasteiger partial charge on any atom is -0.481 e. The van der Waals surface area contributed by atoms with E-state index in [2.05, 4.69) is 15.9 Å². The Hall–Kier alpha value is -1.03. The molecule has 3 nitrogen and oxygen atoms in total. The summed E-state index contributed by atoms with van der Waals surface area (Å²) < 4.78 is 0.786. The predicted octanol–water partition coefficient (Wildman–Crippen LogP) is 2.22. The molecular weight excluding hydrogens is 234 g/mol. The van der Waals surface area contributed by atoms with Gasteiger partial charge in [0.15, 0.2) is 0 Å². The summed E-state index contributed by atoms with van der Waals surface area (Å²) in [6.07, 6.45) is 0. The van der Waals surface area contributed by atoms with Gasteiger partial charge in [0, 0.05) is 10.2 Å². The number of nitrogens with two attached hydrogens (primary N) is 1. The van der Waals surface area contributed by atoms with Crippen LogP contribution in [-0.4, -0.2) is 11.1 Å². The summed E-state index contributed by atoms with van der Waals surface area (Å²) in [5.74, 6) is -1.36. The first-order valence-electron chi connectivity index (χ1n) is 3.80. The molecule has 1 aromatic rings. The fraction of sp³-hybridized carbons (Fsp3) is 0.222. The summed E-state index contributed by atoms with van der Waals surface area (Å²) in [5.41, 5.74) is 6.90. The number of hydrogen-bond acceptors (Lipinski definition) is 2. The molecule has 0 saturated heterocycles. The van der Waals surface area contributed by atoms with Gasteiger partial charge in [-0.15, -0.1) is 0 Å². The third-order valence-corrected chi connectivity index (χ3v) is 2.61. The lowest BCUT2D eigenvalue weighted by Gasteiger charge is -2.07. The quantitative estimate of drug-likeness (QED) is 0.784. The first-order valence-corrected chi connectivity index (χ1v) is 4.59.